The molecule has 6 aromatic rings. The SMILES string of the molecule is CC.CCOC(C)n1cc(-c2ncn3nc(Nc4ccc(Sc5cccc(N6CC(N7CCN(c8ccc(C=O)c(CN(C)C9CCC(=O)NC9=O)c8)CC7)C6)c5)cc4F)nc3c2OC(C)C)cn1. The maximum absolute atomic E-state index is 15.7. The van der Waals surface area contributed by atoms with E-state index < -0.39 is 11.9 Å². The summed E-state index contributed by atoms with van der Waals surface area (Å²) < 4.78 is 30.8. The molecule has 3 aliphatic rings. The van der Waals surface area contributed by atoms with E-state index in [-0.39, 0.29) is 35.8 Å². The molecule has 6 heterocycles. The second kappa shape index (κ2) is 21.9. The van der Waals surface area contributed by atoms with Gasteiger partial charge in [0.05, 0.1) is 24.0 Å². The number of aromatic nitrogens is 6. The first kappa shape index (κ1) is 49.0. The van der Waals surface area contributed by atoms with Crippen molar-refractivity contribution >= 4 is 58.5 Å². The van der Waals surface area contributed by atoms with Crippen LogP contribution in [0.25, 0.3) is 16.9 Å². The maximum Gasteiger partial charge on any atom is 0.247 e. The summed E-state index contributed by atoms with van der Waals surface area (Å²) >= 11 is 1.50. The Labute approximate surface area is 406 Å². The van der Waals surface area contributed by atoms with Crippen LogP contribution >= 0.6 is 11.8 Å². The van der Waals surface area contributed by atoms with Crippen molar-refractivity contribution in [1.29, 1.82) is 0 Å². The Morgan fingerprint density at radius 3 is 2.48 bits per heavy atom. The van der Waals surface area contributed by atoms with E-state index in [4.69, 9.17) is 9.47 Å². The molecule has 2 unspecified atom stereocenters. The fraction of sp³-hybridized carbons (Fsp3) is 0.420. The minimum absolute atomic E-state index is 0.176. The first-order valence-electron chi connectivity index (χ1n) is 23.7. The van der Waals surface area contributed by atoms with Crippen molar-refractivity contribution < 1.29 is 28.2 Å². The zero-order valence-corrected chi connectivity index (χ0v) is 41.1. The van der Waals surface area contributed by atoms with Crippen molar-refractivity contribution in [3.05, 3.63) is 96.3 Å². The van der Waals surface area contributed by atoms with Gasteiger partial charge in [0.15, 0.2) is 5.75 Å². The van der Waals surface area contributed by atoms with Crippen molar-refractivity contribution in [2.24, 2.45) is 0 Å². The highest BCUT2D eigenvalue weighted by Gasteiger charge is 2.34. The Morgan fingerprint density at radius 1 is 0.986 bits per heavy atom. The van der Waals surface area contributed by atoms with E-state index in [1.165, 1.54) is 22.3 Å². The number of fused-ring (bicyclic) bond motifs is 1. The fourth-order valence-electron chi connectivity index (χ4n) is 8.84. The predicted octanol–water partition coefficient (Wildman–Crippen LogP) is 7.45. The molecule has 0 radical (unpaired) electrons. The Bertz CT molecular complexity index is 2770. The van der Waals surface area contributed by atoms with Gasteiger partial charge in [-0.2, -0.15) is 14.6 Å². The van der Waals surface area contributed by atoms with Crippen LogP contribution in [-0.2, 0) is 20.9 Å². The fourth-order valence-corrected chi connectivity index (χ4v) is 9.74. The third-order valence-corrected chi connectivity index (χ3v) is 13.4. The van der Waals surface area contributed by atoms with Gasteiger partial charge in [-0.15, -0.1) is 5.10 Å². The highest BCUT2D eigenvalue weighted by Crippen LogP contribution is 2.36. The number of piperidine rings is 1. The summed E-state index contributed by atoms with van der Waals surface area (Å²) in [5.74, 6) is -0.333. The number of benzene rings is 3. The number of nitrogens with one attached hydrogen (secondary N) is 2. The first-order chi connectivity index (χ1) is 33.4. The van der Waals surface area contributed by atoms with Crippen molar-refractivity contribution in [3.63, 3.8) is 0 Å². The van der Waals surface area contributed by atoms with Gasteiger partial charge in [-0.05, 0) is 101 Å². The number of hydrogen-bond donors (Lipinski definition) is 2. The minimum atomic E-state index is -0.435. The molecule has 9 rings (SSSR count). The lowest BCUT2D eigenvalue weighted by Crippen LogP contribution is -2.63. The van der Waals surface area contributed by atoms with E-state index in [0.29, 0.717) is 54.7 Å². The van der Waals surface area contributed by atoms with Crippen LogP contribution in [0.15, 0.2) is 89.2 Å². The van der Waals surface area contributed by atoms with Crippen LogP contribution in [0.1, 0.15) is 76.5 Å². The first-order valence-corrected chi connectivity index (χ1v) is 24.5. The second-order valence-electron chi connectivity index (χ2n) is 17.4. The van der Waals surface area contributed by atoms with Gasteiger partial charge >= 0.3 is 0 Å². The number of ether oxygens (including phenoxy) is 2. The molecule has 3 saturated heterocycles. The van der Waals surface area contributed by atoms with Gasteiger partial charge in [-0.25, -0.2) is 14.1 Å². The van der Waals surface area contributed by atoms with Gasteiger partial charge in [0.25, 0.3) is 0 Å². The molecule has 17 nitrogen and oxygen atoms in total. The van der Waals surface area contributed by atoms with Gasteiger partial charge in [0.2, 0.25) is 23.4 Å². The lowest BCUT2D eigenvalue weighted by atomic mass is 10.0. The summed E-state index contributed by atoms with van der Waals surface area (Å²) in [5.41, 5.74) is 5.62. The number of piperazine rings is 1. The Kier molecular flexibility index (Phi) is 15.6. The number of carbonyl (C=O) groups excluding carboxylic acids is 3. The average molecular weight is 961 g/mol. The molecular weight excluding hydrogens is 900 g/mol. The van der Waals surface area contributed by atoms with Crippen LogP contribution in [0.5, 0.6) is 5.75 Å². The van der Waals surface area contributed by atoms with Crippen molar-refractivity contribution in [3.8, 4) is 17.0 Å². The van der Waals surface area contributed by atoms with E-state index >= 15 is 4.39 Å². The normalized spacial score (nSPS) is 17.2. The average Bonchev–Trinajstić information content (AvgIpc) is 3.99. The highest BCUT2D eigenvalue weighted by molar-refractivity contribution is 7.99. The molecule has 0 spiro atoms. The summed E-state index contributed by atoms with van der Waals surface area (Å²) in [4.78, 5) is 56.4. The molecule has 19 heteroatoms. The van der Waals surface area contributed by atoms with Gasteiger partial charge in [0, 0.05) is 103 Å². The Hall–Kier alpha value is -6.41. The van der Waals surface area contributed by atoms with Gasteiger partial charge in [-0.1, -0.05) is 31.7 Å². The van der Waals surface area contributed by atoms with Crippen molar-refractivity contribution in [2.75, 3.05) is 68.0 Å². The summed E-state index contributed by atoms with van der Waals surface area (Å²) in [6.07, 6.45) is 6.32. The molecule has 2 atom stereocenters. The van der Waals surface area contributed by atoms with Crippen LogP contribution in [0.4, 0.5) is 27.4 Å². The number of carbonyl (C=O) groups is 3. The minimum Gasteiger partial charge on any atom is -0.485 e. The van der Waals surface area contributed by atoms with E-state index in [0.717, 1.165) is 77.8 Å². The van der Waals surface area contributed by atoms with Crippen LogP contribution in [0.2, 0.25) is 0 Å². The largest absolute Gasteiger partial charge is 0.485 e. The quantitative estimate of drug-likeness (QED) is 0.0683. The van der Waals surface area contributed by atoms with Gasteiger partial charge in [-0.3, -0.25) is 29.5 Å². The molecule has 3 aliphatic heterocycles. The number of halogens is 1. The number of imide groups is 1. The standard InChI is InChI=1S/C48H55FN12O5S.C2H6/c1-6-65-31(4)60-25-34(23-51-60)44-45(66-30(2)3)46-54-48(55-61(46)29-50-44)52-41-13-12-39(22-40(41)49)67-38-9-7-8-35(21-38)59-26-37(27-59)58-18-16-57(17-19-58)36-11-10-32(28-62)33(20-36)24-56(5)42-14-15-43(63)53-47(42)64;1-2/h7-13,20-23,25,28-31,37,42H,6,14-19,24,26-27H2,1-5H3,(H,52,55)(H,53,63,64);1-2H3. The second-order valence-corrected chi connectivity index (χ2v) is 18.5. The topological polar surface area (TPSA) is 168 Å². The van der Waals surface area contributed by atoms with Crippen LogP contribution in [-0.4, -0.2) is 128 Å². The number of rotatable bonds is 17. The molecule has 3 aromatic carbocycles. The molecule has 0 bridgehead atoms. The smallest absolute Gasteiger partial charge is 0.247 e. The molecule has 0 aliphatic carbocycles. The van der Waals surface area contributed by atoms with Crippen LogP contribution in [0.3, 0.4) is 0 Å². The molecule has 3 aromatic heterocycles. The molecule has 364 valence electrons. The molecular formula is C50H61FN12O5S. The molecule has 3 fully saturated rings. The number of likely N-dealkylation sites (N-methyl/N-ethyl adjacent to an activating group) is 1. The Morgan fingerprint density at radius 2 is 1.75 bits per heavy atom. The van der Waals surface area contributed by atoms with Crippen LogP contribution in [0, 0.1) is 5.82 Å². The van der Waals surface area contributed by atoms with E-state index in [9.17, 15) is 14.4 Å². The van der Waals surface area contributed by atoms with Crippen molar-refractivity contribution in [1.82, 2.24) is 44.5 Å². The number of amides is 2. The lowest BCUT2D eigenvalue weighted by Gasteiger charge is -2.49. The third-order valence-electron chi connectivity index (χ3n) is 12.4. The number of hydrogen-bond acceptors (Lipinski definition) is 15. The molecule has 69 heavy (non-hydrogen) atoms. The highest BCUT2D eigenvalue weighted by atomic mass is 32.2. The van der Waals surface area contributed by atoms with Crippen LogP contribution < -0.4 is 25.2 Å². The Balaban J connectivity index is 0.00000317. The van der Waals surface area contributed by atoms with E-state index in [2.05, 4.69) is 63.7 Å². The molecule has 2 N–H and O–H groups in total. The lowest BCUT2D eigenvalue weighted by molar-refractivity contribution is -0.137. The summed E-state index contributed by atoms with van der Waals surface area (Å²) in [7, 11) is 1.86. The van der Waals surface area contributed by atoms with E-state index in [1.54, 1.807) is 23.3 Å². The summed E-state index contributed by atoms with van der Waals surface area (Å²) in [5, 5.41) is 14.5. The van der Waals surface area contributed by atoms with Gasteiger partial charge in [0.1, 0.15) is 30.4 Å². The predicted molar refractivity (Wildman–Crippen MR) is 265 cm³/mol. The van der Waals surface area contributed by atoms with Crippen molar-refractivity contribution in [2.45, 2.75) is 95.1 Å². The number of nitrogens with zero attached hydrogens (tertiary/aromatic N) is 10. The number of aldehydes is 1. The summed E-state index contributed by atoms with van der Waals surface area (Å²) in [6, 6.07) is 19.4. The number of anilines is 4. The maximum atomic E-state index is 15.7. The van der Waals surface area contributed by atoms with E-state index in [1.807, 2.05) is 90.0 Å². The third kappa shape index (κ3) is 11.2. The zero-order valence-electron chi connectivity index (χ0n) is 40.3. The molecule has 2 amide bonds. The summed E-state index contributed by atoms with van der Waals surface area (Å²) in [6.45, 7) is 18.1. The van der Waals surface area contributed by atoms with Gasteiger partial charge < -0.3 is 24.6 Å². The monoisotopic (exact) mass is 960 g/mol. The molecule has 0 saturated carbocycles. The zero-order chi connectivity index (χ0) is 48.8.